The van der Waals surface area contributed by atoms with Crippen molar-refractivity contribution >= 4 is 27.5 Å². The first kappa shape index (κ1) is 29.1. The first-order chi connectivity index (χ1) is 25.3. The molecule has 0 fully saturated rings. The Labute approximate surface area is 295 Å². The second-order valence-electron chi connectivity index (χ2n) is 13.1. The first-order valence-corrected chi connectivity index (χ1v) is 17.1. The van der Waals surface area contributed by atoms with E-state index in [1.54, 1.807) is 0 Å². The highest BCUT2D eigenvalue weighted by Crippen LogP contribution is 2.59. The van der Waals surface area contributed by atoms with Crippen LogP contribution in [0.15, 0.2) is 175 Å². The molecule has 0 radical (unpaired) electrons. The third kappa shape index (κ3) is 4.24. The van der Waals surface area contributed by atoms with E-state index in [0.717, 1.165) is 60.9 Å². The minimum absolute atomic E-state index is 0.281. The summed E-state index contributed by atoms with van der Waals surface area (Å²) in [6.07, 6.45) is 4.31. The Bertz CT molecular complexity index is 2610. The summed E-state index contributed by atoms with van der Waals surface area (Å²) in [5.74, 6) is 1.38. The van der Waals surface area contributed by atoms with Gasteiger partial charge in [-0.2, -0.15) is 5.26 Å². The zero-order valence-electron chi connectivity index (χ0n) is 27.5. The van der Waals surface area contributed by atoms with Gasteiger partial charge in [-0.15, -0.1) is 0 Å². The van der Waals surface area contributed by atoms with Crippen molar-refractivity contribution in [2.45, 2.75) is 11.3 Å². The minimum atomic E-state index is -1.07. The summed E-state index contributed by atoms with van der Waals surface area (Å²) < 4.78 is 2.24. The van der Waals surface area contributed by atoms with Crippen molar-refractivity contribution in [1.29, 1.82) is 5.26 Å². The molecule has 6 aromatic carbocycles. The molecule has 238 valence electrons. The largest absolute Gasteiger partial charge is 0.308 e. The third-order valence-corrected chi connectivity index (χ3v) is 10.5. The van der Waals surface area contributed by atoms with E-state index in [1.807, 2.05) is 60.7 Å². The van der Waals surface area contributed by atoms with Crippen LogP contribution in [0.1, 0.15) is 22.9 Å². The molecule has 0 bridgehead atoms. The molecule has 2 heterocycles. The molecule has 5 heteroatoms. The summed E-state index contributed by atoms with van der Waals surface area (Å²) in [7, 11) is 0. The molecule has 10 rings (SSSR count). The lowest BCUT2D eigenvalue weighted by molar-refractivity contribution is 0.537. The molecule has 2 aromatic heterocycles. The summed E-state index contributed by atoms with van der Waals surface area (Å²) >= 11 is 0. The van der Waals surface area contributed by atoms with E-state index in [9.17, 15) is 5.26 Å². The maximum absolute atomic E-state index is 11.6. The van der Waals surface area contributed by atoms with Crippen LogP contribution in [0.25, 0.3) is 61.4 Å². The Morgan fingerprint density at radius 1 is 0.529 bits per heavy atom. The van der Waals surface area contributed by atoms with Crippen LogP contribution in [0.5, 0.6) is 0 Å². The number of para-hydroxylation sites is 2. The molecule has 0 amide bonds. The van der Waals surface area contributed by atoms with E-state index in [4.69, 9.17) is 15.0 Å². The van der Waals surface area contributed by atoms with Gasteiger partial charge in [0.2, 0.25) is 0 Å². The zero-order chi connectivity index (χ0) is 33.9. The van der Waals surface area contributed by atoms with Gasteiger partial charge in [0.25, 0.3) is 0 Å². The van der Waals surface area contributed by atoms with E-state index in [0.29, 0.717) is 23.0 Å². The fourth-order valence-electron chi connectivity index (χ4n) is 8.30. The SMILES string of the molecule is N#CC1=C(n2c3ccccc3c3ccccc32)C=CC1(c1nc(-c2ccccc2)nc(-c2ccccc2)n1)C1c2ccccc2-c2ccccc21. The van der Waals surface area contributed by atoms with E-state index in [1.165, 1.54) is 0 Å². The fraction of sp³-hybridized carbons (Fsp3) is 0.0435. The predicted molar refractivity (Wildman–Crippen MR) is 204 cm³/mol. The van der Waals surface area contributed by atoms with Crippen LogP contribution in [0.4, 0.5) is 0 Å². The van der Waals surface area contributed by atoms with E-state index >= 15 is 0 Å². The van der Waals surface area contributed by atoms with Gasteiger partial charge < -0.3 is 4.57 Å². The molecular weight excluding hydrogens is 623 g/mol. The molecule has 0 saturated carbocycles. The highest BCUT2D eigenvalue weighted by atomic mass is 15.1. The normalized spacial score (nSPS) is 16.5. The Hall–Kier alpha value is -6.90. The quantitative estimate of drug-likeness (QED) is 0.186. The van der Waals surface area contributed by atoms with Gasteiger partial charge >= 0.3 is 0 Å². The Balaban J connectivity index is 1.35. The molecule has 0 spiro atoms. The van der Waals surface area contributed by atoms with Gasteiger partial charge in [0.1, 0.15) is 5.82 Å². The van der Waals surface area contributed by atoms with Gasteiger partial charge in [-0.05, 0) is 40.5 Å². The Morgan fingerprint density at radius 2 is 1.00 bits per heavy atom. The van der Waals surface area contributed by atoms with Crippen LogP contribution < -0.4 is 0 Å². The molecule has 1 atom stereocenters. The predicted octanol–water partition coefficient (Wildman–Crippen LogP) is 10.4. The molecule has 1 unspecified atom stereocenters. The molecule has 0 saturated heterocycles. The van der Waals surface area contributed by atoms with Crippen molar-refractivity contribution in [3.8, 4) is 40.0 Å². The average Bonchev–Trinajstić information content (AvgIpc) is 3.86. The average molecular weight is 652 g/mol. The van der Waals surface area contributed by atoms with E-state index in [2.05, 4.69) is 120 Å². The van der Waals surface area contributed by atoms with Crippen molar-refractivity contribution in [1.82, 2.24) is 19.5 Å². The van der Waals surface area contributed by atoms with Crippen LogP contribution in [0, 0.1) is 11.3 Å². The molecule has 2 aliphatic carbocycles. The number of rotatable bonds is 5. The lowest BCUT2D eigenvalue weighted by Gasteiger charge is -2.35. The molecular formula is C46H29N5. The summed E-state index contributed by atoms with van der Waals surface area (Å²) in [5.41, 5.74) is 8.79. The third-order valence-electron chi connectivity index (χ3n) is 10.5. The van der Waals surface area contributed by atoms with Crippen molar-refractivity contribution in [2.75, 3.05) is 0 Å². The number of aromatic nitrogens is 4. The van der Waals surface area contributed by atoms with Crippen LogP contribution in [0.2, 0.25) is 0 Å². The number of fused-ring (bicyclic) bond motifs is 6. The number of nitriles is 1. The van der Waals surface area contributed by atoms with Crippen molar-refractivity contribution in [2.24, 2.45) is 0 Å². The molecule has 2 aliphatic rings. The minimum Gasteiger partial charge on any atom is -0.308 e. The van der Waals surface area contributed by atoms with Gasteiger partial charge in [0.05, 0.1) is 33.8 Å². The maximum atomic E-state index is 11.6. The van der Waals surface area contributed by atoms with Gasteiger partial charge in [-0.25, -0.2) is 15.0 Å². The number of hydrogen-bond donors (Lipinski definition) is 0. The van der Waals surface area contributed by atoms with Crippen LogP contribution in [-0.2, 0) is 5.41 Å². The van der Waals surface area contributed by atoms with Crippen molar-refractivity contribution in [3.05, 3.63) is 192 Å². The van der Waals surface area contributed by atoms with Crippen LogP contribution in [-0.4, -0.2) is 19.5 Å². The second-order valence-corrected chi connectivity index (χ2v) is 13.1. The second kappa shape index (κ2) is 11.3. The highest BCUT2D eigenvalue weighted by molar-refractivity contribution is 6.11. The smallest absolute Gasteiger partial charge is 0.163 e. The maximum Gasteiger partial charge on any atom is 0.163 e. The molecule has 5 nitrogen and oxygen atoms in total. The van der Waals surface area contributed by atoms with Gasteiger partial charge in [0, 0.05) is 27.8 Å². The summed E-state index contributed by atoms with van der Waals surface area (Å²) in [5, 5.41) is 13.8. The van der Waals surface area contributed by atoms with Crippen LogP contribution >= 0.6 is 0 Å². The Morgan fingerprint density at radius 3 is 1.53 bits per heavy atom. The summed E-state index contributed by atoms with van der Waals surface area (Å²) in [4.78, 5) is 15.7. The first-order valence-electron chi connectivity index (χ1n) is 17.1. The highest BCUT2D eigenvalue weighted by Gasteiger charge is 2.53. The van der Waals surface area contributed by atoms with Crippen molar-refractivity contribution in [3.63, 3.8) is 0 Å². The molecule has 0 N–H and O–H groups in total. The summed E-state index contributed by atoms with van der Waals surface area (Å²) in [6.45, 7) is 0. The number of hydrogen-bond acceptors (Lipinski definition) is 4. The topological polar surface area (TPSA) is 67.4 Å². The van der Waals surface area contributed by atoms with Gasteiger partial charge in [-0.3, -0.25) is 0 Å². The number of benzene rings is 6. The molecule has 51 heavy (non-hydrogen) atoms. The lowest BCUT2D eigenvalue weighted by atomic mass is 9.67. The Kier molecular flexibility index (Phi) is 6.46. The number of allylic oxidation sites excluding steroid dienone is 4. The summed E-state index contributed by atoms with van der Waals surface area (Å²) in [6, 6.07) is 56.8. The molecule has 0 aliphatic heterocycles. The standard InChI is InChI=1S/C46H29N5/c47-29-38-41(51-39-25-13-11-21-34(39)35-22-12-14-26-40(35)51)27-28-46(38,42-36-23-9-7-19-32(36)33-20-8-10-24-37(33)42)45-49-43(30-15-3-1-4-16-30)48-44(50-45)31-17-5-2-6-18-31/h1-28,42H. The molecule has 8 aromatic rings. The van der Waals surface area contributed by atoms with Gasteiger partial charge in [0.15, 0.2) is 11.6 Å². The fourth-order valence-corrected chi connectivity index (χ4v) is 8.30. The van der Waals surface area contributed by atoms with Gasteiger partial charge in [-0.1, -0.05) is 152 Å². The van der Waals surface area contributed by atoms with Crippen molar-refractivity contribution < 1.29 is 0 Å². The number of nitrogens with zero attached hydrogens (tertiary/aromatic N) is 5. The monoisotopic (exact) mass is 651 g/mol. The van der Waals surface area contributed by atoms with E-state index < -0.39 is 5.41 Å². The van der Waals surface area contributed by atoms with E-state index in [-0.39, 0.29) is 5.92 Å². The van der Waals surface area contributed by atoms with Crippen LogP contribution in [0.3, 0.4) is 0 Å². The zero-order valence-corrected chi connectivity index (χ0v) is 27.5. The lowest BCUT2D eigenvalue weighted by Crippen LogP contribution is -2.35.